The highest BCUT2D eigenvalue weighted by Gasteiger charge is 2.21. The van der Waals surface area contributed by atoms with E-state index in [1.807, 2.05) is 4.90 Å². The molecule has 16 heavy (non-hydrogen) atoms. The highest BCUT2D eigenvalue weighted by Crippen LogP contribution is 2.18. The van der Waals surface area contributed by atoms with E-state index < -0.39 is 6.10 Å². The van der Waals surface area contributed by atoms with Gasteiger partial charge in [0.1, 0.15) is 16.8 Å². The van der Waals surface area contributed by atoms with Gasteiger partial charge in [-0.05, 0) is 6.92 Å². The van der Waals surface area contributed by atoms with Crippen LogP contribution in [0, 0.1) is 18.3 Å². The van der Waals surface area contributed by atoms with Crippen LogP contribution in [0.15, 0.2) is 6.07 Å². The zero-order chi connectivity index (χ0) is 11.5. The predicted octanol–water partition coefficient (Wildman–Crippen LogP) is 1.17. The Bertz CT molecular complexity index is 411. The fourth-order valence-corrected chi connectivity index (χ4v) is 1.83. The molecule has 2 heterocycles. The molecule has 1 fully saturated rings. The van der Waals surface area contributed by atoms with Gasteiger partial charge in [0.25, 0.3) is 0 Å². The van der Waals surface area contributed by atoms with Gasteiger partial charge in [-0.15, -0.1) is 0 Å². The van der Waals surface area contributed by atoms with E-state index in [2.05, 4.69) is 16.0 Å². The zero-order valence-corrected chi connectivity index (χ0v) is 9.61. The number of nitrogens with zero attached hydrogens (tertiary/aromatic N) is 4. The summed E-state index contributed by atoms with van der Waals surface area (Å²) in [4.78, 5) is 10.3. The number of ether oxygens (including phenoxy) is 1. The Morgan fingerprint density at radius 2 is 2.44 bits per heavy atom. The molecule has 0 bridgehead atoms. The van der Waals surface area contributed by atoms with Gasteiger partial charge in [-0.3, -0.25) is 0 Å². The Morgan fingerprint density at radius 1 is 1.62 bits per heavy atom. The second-order valence-corrected chi connectivity index (χ2v) is 3.92. The summed E-state index contributed by atoms with van der Waals surface area (Å²) >= 11 is 5.87. The topological polar surface area (TPSA) is 62.0 Å². The van der Waals surface area contributed by atoms with Gasteiger partial charge >= 0.3 is 0 Å². The van der Waals surface area contributed by atoms with E-state index in [0.717, 1.165) is 5.82 Å². The average Bonchev–Trinajstić information content (AvgIpc) is 2.28. The SMILES string of the molecule is Cc1nc(Cl)cc(N2CCOC(C#N)C2)n1. The number of nitriles is 1. The molecule has 1 aromatic rings. The zero-order valence-electron chi connectivity index (χ0n) is 8.85. The van der Waals surface area contributed by atoms with Crippen LogP contribution in [-0.4, -0.2) is 35.8 Å². The third kappa shape index (κ3) is 2.40. The minimum atomic E-state index is -0.400. The molecule has 1 saturated heterocycles. The van der Waals surface area contributed by atoms with Crippen LogP contribution in [0.4, 0.5) is 5.82 Å². The first-order chi connectivity index (χ1) is 7.69. The lowest BCUT2D eigenvalue weighted by Gasteiger charge is -2.30. The normalized spacial score (nSPS) is 20.6. The maximum Gasteiger partial charge on any atom is 0.161 e. The molecule has 6 heteroatoms. The number of aryl methyl sites for hydroxylation is 1. The summed E-state index contributed by atoms with van der Waals surface area (Å²) in [6.07, 6.45) is -0.400. The summed E-state index contributed by atoms with van der Waals surface area (Å²) in [6.45, 7) is 3.55. The third-order valence-electron chi connectivity index (χ3n) is 2.33. The molecule has 0 N–H and O–H groups in total. The molecular weight excluding hydrogens is 228 g/mol. The van der Waals surface area contributed by atoms with Crippen LogP contribution < -0.4 is 4.90 Å². The molecule has 5 nitrogen and oxygen atoms in total. The quantitative estimate of drug-likeness (QED) is 0.688. The highest BCUT2D eigenvalue weighted by molar-refractivity contribution is 6.29. The molecule has 1 unspecified atom stereocenters. The first-order valence-electron chi connectivity index (χ1n) is 4.96. The van der Waals surface area contributed by atoms with E-state index in [9.17, 15) is 0 Å². The minimum absolute atomic E-state index is 0.400. The van der Waals surface area contributed by atoms with Crippen LogP contribution in [-0.2, 0) is 4.74 Å². The molecule has 0 spiro atoms. The number of halogens is 1. The van der Waals surface area contributed by atoms with Crippen molar-refractivity contribution < 1.29 is 4.74 Å². The lowest BCUT2D eigenvalue weighted by atomic mass is 10.3. The monoisotopic (exact) mass is 238 g/mol. The first-order valence-corrected chi connectivity index (χ1v) is 5.34. The lowest BCUT2D eigenvalue weighted by Crippen LogP contribution is -2.42. The smallest absolute Gasteiger partial charge is 0.161 e. The summed E-state index contributed by atoms with van der Waals surface area (Å²) in [6, 6.07) is 3.80. The summed E-state index contributed by atoms with van der Waals surface area (Å²) < 4.78 is 5.26. The average molecular weight is 239 g/mol. The Morgan fingerprint density at radius 3 is 3.12 bits per heavy atom. The van der Waals surface area contributed by atoms with Crippen molar-refractivity contribution in [1.29, 1.82) is 5.26 Å². The molecular formula is C10H11ClN4O. The van der Waals surface area contributed by atoms with Crippen LogP contribution in [0.1, 0.15) is 5.82 Å². The van der Waals surface area contributed by atoms with Crippen LogP contribution in [0.2, 0.25) is 5.15 Å². The number of hydrogen-bond acceptors (Lipinski definition) is 5. The number of rotatable bonds is 1. The van der Waals surface area contributed by atoms with E-state index in [4.69, 9.17) is 21.6 Å². The van der Waals surface area contributed by atoms with Crippen molar-refractivity contribution in [2.45, 2.75) is 13.0 Å². The first kappa shape index (κ1) is 11.1. The largest absolute Gasteiger partial charge is 0.360 e. The maximum atomic E-state index is 8.80. The van der Waals surface area contributed by atoms with Crippen molar-refractivity contribution >= 4 is 17.4 Å². The summed E-state index contributed by atoms with van der Waals surface area (Å²) in [5.74, 6) is 1.38. The second kappa shape index (κ2) is 4.64. The molecule has 0 saturated carbocycles. The van der Waals surface area contributed by atoms with Gasteiger partial charge in [0, 0.05) is 12.6 Å². The van der Waals surface area contributed by atoms with Crippen molar-refractivity contribution in [2.75, 3.05) is 24.6 Å². The molecule has 0 radical (unpaired) electrons. The number of anilines is 1. The fraction of sp³-hybridized carbons (Fsp3) is 0.500. The Kier molecular flexibility index (Phi) is 3.22. The van der Waals surface area contributed by atoms with Crippen molar-refractivity contribution in [3.05, 3.63) is 17.0 Å². The highest BCUT2D eigenvalue weighted by atomic mass is 35.5. The summed E-state index contributed by atoms with van der Waals surface area (Å²) in [5, 5.41) is 9.22. The fourth-order valence-electron chi connectivity index (χ4n) is 1.61. The van der Waals surface area contributed by atoms with Gasteiger partial charge in [-0.25, -0.2) is 9.97 Å². The van der Waals surface area contributed by atoms with Gasteiger partial charge in [0.2, 0.25) is 0 Å². The van der Waals surface area contributed by atoms with Gasteiger partial charge in [0.15, 0.2) is 6.10 Å². The van der Waals surface area contributed by atoms with Crippen molar-refractivity contribution in [3.63, 3.8) is 0 Å². The third-order valence-corrected chi connectivity index (χ3v) is 2.52. The molecule has 1 aliphatic heterocycles. The van der Waals surface area contributed by atoms with Crippen LogP contribution in [0.3, 0.4) is 0 Å². The van der Waals surface area contributed by atoms with Crippen LogP contribution in [0.25, 0.3) is 0 Å². The molecule has 1 aromatic heterocycles. The number of aromatic nitrogens is 2. The number of hydrogen-bond donors (Lipinski definition) is 0. The van der Waals surface area contributed by atoms with Crippen molar-refractivity contribution in [1.82, 2.24) is 9.97 Å². The predicted molar refractivity (Wildman–Crippen MR) is 59.3 cm³/mol. The maximum absolute atomic E-state index is 8.80. The van der Waals surface area contributed by atoms with Gasteiger partial charge in [-0.2, -0.15) is 5.26 Å². The Balaban J connectivity index is 2.20. The van der Waals surface area contributed by atoms with E-state index in [-0.39, 0.29) is 0 Å². The van der Waals surface area contributed by atoms with Crippen LogP contribution >= 0.6 is 11.6 Å². The summed E-state index contributed by atoms with van der Waals surface area (Å²) in [7, 11) is 0. The van der Waals surface area contributed by atoms with Crippen molar-refractivity contribution in [3.8, 4) is 6.07 Å². The second-order valence-electron chi connectivity index (χ2n) is 3.53. The standard InChI is InChI=1S/C10H11ClN4O/c1-7-13-9(11)4-10(14-7)15-2-3-16-8(5-12)6-15/h4,8H,2-3,6H2,1H3. The Labute approximate surface area is 98.6 Å². The molecule has 2 rings (SSSR count). The molecule has 0 aromatic carbocycles. The summed E-state index contributed by atoms with van der Waals surface area (Å²) in [5.41, 5.74) is 0. The van der Waals surface area contributed by atoms with E-state index in [1.165, 1.54) is 0 Å². The van der Waals surface area contributed by atoms with Crippen LogP contribution in [0.5, 0.6) is 0 Å². The lowest BCUT2D eigenvalue weighted by molar-refractivity contribution is 0.0761. The molecule has 1 aliphatic rings. The van der Waals surface area contributed by atoms with Crippen molar-refractivity contribution in [2.24, 2.45) is 0 Å². The van der Waals surface area contributed by atoms with Gasteiger partial charge in [0.05, 0.1) is 19.2 Å². The van der Waals surface area contributed by atoms with E-state index >= 15 is 0 Å². The minimum Gasteiger partial charge on any atom is -0.360 e. The number of morpholine rings is 1. The Hall–Kier alpha value is -1.38. The molecule has 84 valence electrons. The molecule has 1 atom stereocenters. The van der Waals surface area contributed by atoms with E-state index in [1.54, 1.807) is 13.0 Å². The van der Waals surface area contributed by atoms with E-state index in [0.29, 0.717) is 30.7 Å². The van der Waals surface area contributed by atoms with Gasteiger partial charge < -0.3 is 9.64 Å². The van der Waals surface area contributed by atoms with Gasteiger partial charge in [-0.1, -0.05) is 11.6 Å². The molecule has 0 aliphatic carbocycles. The molecule has 0 amide bonds.